The number of rotatable bonds is 14. The third-order valence-corrected chi connectivity index (χ3v) is 6.96. The fraction of sp³-hybridized carbons (Fsp3) is 0.417. The Morgan fingerprint density at radius 2 is 1.86 bits per heavy atom. The van der Waals surface area contributed by atoms with Gasteiger partial charge >= 0.3 is 12.1 Å². The number of halogens is 2. The van der Waals surface area contributed by atoms with Crippen molar-refractivity contribution in [3.05, 3.63) is 59.4 Å². The van der Waals surface area contributed by atoms with E-state index in [-0.39, 0.29) is 42.2 Å². The van der Waals surface area contributed by atoms with Crippen molar-refractivity contribution in [2.75, 3.05) is 45.2 Å². The van der Waals surface area contributed by atoms with Crippen LogP contribution in [0.4, 0.5) is 19.7 Å². The smallest absolute Gasteiger partial charge is 0.412 e. The number of methoxy groups -OCH3 is 1. The van der Waals surface area contributed by atoms with E-state index >= 15 is 0 Å². The number of para-hydroxylation sites is 1. The number of hydrogen-bond donors (Lipinski definition) is 3. The van der Waals surface area contributed by atoms with Crippen molar-refractivity contribution < 1.29 is 31.9 Å². The van der Waals surface area contributed by atoms with Crippen molar-refractivity contribution >= 4 is 39.4 Å². The maximum absolute atomic E-state index is 13.2. The SMILES string of the molecule is CCNC(=O)N(CCCCNS(=O)(=O)c1ccc(F)cc1Cl)C[C@H](COC)OC(=O)Nc1ccccc1. The first kappa shape index (κ1) is 30.3. The summed E-state index contributed by atoms with van der Waals surface area (Å²) in [6.07, 6.45) is -0.571. The van der Waals surface area contributed by atoms with Gasteiger partial charge in [0, 0.05) is 32.4 Å². The Morgan fingerprint density at radius 3 is 2.51 bits per heavy atom. The van der Waals surface area contributed by atoms with Crippen LogP contribution in [0.3, 0.4) is 0 Å². The largest absolute Gasteiger partial charge is 0.442 e. The van der Waals surface area contributed by atoms with Crippen LogP contribution in [-0.2, 0) is 19.5 Å². The van der Waals surface area contributed by atoms with E-state index < -0.39 is 28.0 Å². The summed E-state index contributed by atoms with van der Waals surface area (Å²) in [5.74, 6) is -0.636. The molecule has 3 amide bonds. The van der Waals surface area contributed by atoms with Crippen LogP contribution in [-0.4, -0.2) is 71.4 Å². The molecule has 13 heteroatoms. The van der Waals surface area contributed by atoms with Crippen LogP contribution in [0.1, 0.15) is 19.8 Å². The lowest BCUT2D eigenvalue weighted by molar-refractivity contribution is 0.0302. The first-order valence-corrected chi connectivity index (χ1v) is 13.5. The molecule has 0 aliphatic rings. The fourth-order valence-corrected chi connectivity index (χ4v) is 4.92. The van der Waals surface area contributed by atoms with Crippen LogP contribution in [0.2, 0.25) is 5.02 Å². The van der Waals surface area contributed by atoms with Gasteiger partial charge < -0.3 is 19.7 Å². The van der Waals surface area contributed by atoms with Gasteiger partial charge in [-0.05, 0) is 50.1 Å². The number of hydrogen-bond acceptors (Lipinski definition) is 6. The van der Waals surface area contributed by atoms with E-state index in [9.17, 15) is 22.4 Å². The molecule has 204 valence electrons. The highest BCUT2D eigenvalue weighted by Gasteiger charge is 2.22. The molecular weight excluding hydrogens is 527 g/mol. The molecule has 2 aromatic carbocycles. The standard InChI is InChI=1S/C24H32ClFN4O6S/c1-3-27-23(31)30(16-20(17-35-2)36-24(32)29-19-9-5-4-6-10-19)14-8-7-13-28-37(33,34)22-12-11-18(26)15-21(22)25/h4-6,9-12,15,20,28H,3,7-8,13-14,16-17H2,1-2H3,(H,27,31)(H,29,32)/t20-/m1/s1. The molecule has 0 aliphatic heterocycles. The summed E-state index contributed by atoms with van der Waals surface area (Å²) in [7, 11) is -2.46. The molecule has 0 unspecified atom stereocenters. The van der Waals surface area contributed by atoms with E-state index in [2.05, 4.69) is 15.4 Å². The summed E-state index contributed by atoms with van der Waals surface area (Å²) in [6, 6.07) is 11.5. The number of sulfonamides is 1. The summed E-state index contributed by atoms with van der Waals surface area (Å²) in [4.78, 5) is 26.2. The van der Waals surface area contributed by atoms with Crippen molar-refractivity contribution in [1.82, 2.24) is 14.9 Å². The highest BCUT2D eigenvalue weighted by molar-refractivity contribution is 7.89. The summed E-state index contributed by atoms with van der Waals surface area (Å²) >= 11 is 5.85. The van der Waals surface area contributed by atoms with Gasteiger partial charge in [0.2, 0.25) is 10.0 Å². The summed E-state index contributed by atoms with van der Waals surface area (Å²) in [5.41, 5.74) is 0.564. The zero-order chi connectivity index (χ0) is 27.3. The second-order valence-electron chi connectivity index (χ2n) is 7.93. The normalized spacial score (nSPS) is 12.0. The van der Waals surface area contributed by atoms with Crippen molar-refractivity contribution in [3.8, 4) is 0 Å². The maximum atomic E-state index is 13.2. The Kier molecular flexibility index (Phi) is 12.6. The quantitative estimate of drug-likeness (QED) is 0.303. The minimum atomic E-state index is -3.92. The monoisotopic (exact) mass is 558 g/mol. The molecule has 0 saturated carbocycles. The molecule has 0 aromatic heterocycles. The highest BCUT2D eigenvalue weighted by atomic mass is 35.5. The summed E-state index contributed by atoms with van der Waals surface area (Å²) in [6.45, 7) is 2.67. The van der Waals surface area contributed by atoms with E-state index in [0.717, 1.165) is 18.2 Å². The van der Waals surface area contributed by atoms with Crippen LogP contribution in [0.5, 0.6) is 0 Å². The van der Waals surface area contributed by atoms with Crippen molar-refractivity contribution in [2.45, 2.75) is 30.8 Å². The molecule has 2 rings (SSSR count). The Balaban J connectivity index is 1.91. The van der Waals surface area contributed by atoms with Crippen molar-refractivity contribution in [1.29, 1.82) is 0 Å². The molecule has 0 spiro atoms. The van der Waals surface area contributed by atoms with E-state index in [1.165, 1.54) is 12.0 Å². The molecule has 0 bridgehead atoms. The number of urea groups is 1. The van der Waals surface area contributed by atoms with E-state index in [1.54, 1.807) is 31.2 Å². The minimum Gasteiger partial charge on any atom is -0.442 e. The minimum absolute atomic E-state index is 0.0658. The molecule has 3 N–H and O–H groups in total. The second-order valence-corrected chi connectivity index (χ2v) is 10.1. The lowest BCUT2D eigenvalue weighted by Gasteiger charge is -2.27. The van der Waals surface area contributed by atoms with Gasteiger partial charge in [0.15, 0.2) is 0 Å². The van der Waals surface area contributed by atoms with Crippen LogP contribution < -0.4 is 15.4 Å². The molecule has 0 fully saturated rings. The first-order chi connectivity index (χ1) is 17.7. The number of nitrogens with one attached hydrogen (secondary N) is 3. The number of carbonyl (C=O) groups is 2. The number of nitrogens with zero attached hydrogens (tertiary/aromatic N) is 1. The molecule has 10 nitrogen and oxygen atoms in total. The summed E-state index contributed by atoms with van der Waals surface area (Å²) in [5, 5.41) is 5.13. The average Bonchev–Trinajstić information content (AvgIpc) is 2.83. The van der Waals surface area contributed by atoms with Crippen LogP contribution in [0.25, 0.3) is 0 Å². The van der Waals surface area contributed by atoms with Gasteiger partial charge in [-0.15, -0.1) is 0 Å². The van der Waals surface area contributed by atoms with Gasteiger partial charge in [-0.3, -0.25) is 5.32 Å². The molecule has 0 aliphatic carbocycles. The molecule has 0 saturated heterocycles. The van der Waals surface area contributed by atoms with Crippen LogP contribution in [0, 0.1) is 5.82 Å². The van der Waals surface area contributed by atoms with Gasteiger partial charge in [0.1, 0.15) is 16.8 Å². The predicted molar refractivity (Wildman–Crippen MR) is 139 cm³/mol. The third-order valence-electron chi connectivity index (χ3n) is 5.02. The number of ether oxygens (including phenoxy) is 2. The predicted octanol–water partition coefficient (Wildman–Crippen LogP) is 3.83. The van der Waals surface area contributed by atoms with Gasteiger partial charge in [-0.1, -0.05) is 29.8 Å². The van der Waals surface area contributed by atoms with E-state index in [1.807, 2.05) is 6.07 Å². The van der Waals surface area contributed by atoms with Crippen LogP contribution >= 0.6 is 11.6 Å². The Labute approximate surface area is 221 Å². The lowest BCUT2D eigenvalue weighted by atomic mass is 10.2. The lowest BCUT2D eigenvalue weighted by Crippen LogP contribution is -2.46. The Bertz CT molecular complexity index is 1120. The molecule has 1 atom stereocenters. The van der Waals surface area contributed by atoms with Crippen molar-refractivity contribution in [3.63, 3.8) is 0 Å². The fourth-order valence-electron chi connectivity index (χ4n) is 3.32. The number of amides is 3. The van der Waals surface area contributed by atoms with Gasteiger partial charge in [0.25, 0.3) is 0 Å². The van der Waals surface area contributed by atoms with Gasteiger partial charge in [-0.25, -0.2) is 27.1 Å². The number of anilines is 1. The van der Waals surface area contributed by atoms with Crippen LogP contribution in [0.15, 0.2) is 53.4 Å². The molecular formula is C24H32ClFN4O6S. The molecule has 37 heavy (non-hydrogen) atoms. The maximum Gasteiger partial charge on any atom is 0.412 e. The zero-order valence-electron chi connectivity index (χ0n) is 20.7. The second kappa shape index (κ2) is 15.4. The first-order valence-electron chi connectivity index (χ1n) is 11.7. The molecule has 0 heterocycles. The van der Waals surface area contributed by atoms with Gasteiger partial charge in [0.05, 0.1) is 18.2 Å². The Hall–Kier alpha value is -2.93. The molecule has 2 aromatic rings. The third kappa shape index (κ3) is 10.5. The van der Waals surface area contributed by atoms with Gasteiger partial charge in [-0.2, -0.15) is 0 Å². The zero-order valence-corrected chi connectivity index (χ0v) is 22.3. The highest BCUT2D eigenvalue weighted by Crippen LogP contribution is 2.22. The van der Waals surface area contributed by atoms with E-state index in [0.29, 0.717) is 25.1 Å². The van der Waals surface area contributed by atoms with E-state index in [4.69, 9.17) is 21.1 Å². The molecule has 0 radical (unpaired) electrons. The Morgan fingerprint density at radius 1 is 1.14 bits per heavy atom. The number of unbranched alkanes of at least 4 members (excludes halogenated alkanes) is 1. The summed E-state index contributed by atoms with van der Waals surface area (Å²) < 4.78 is 51.2. The average molecular weight is 559 g/mol. The number of carbonyl (C=O) groups excluding carboxylic acids is 2. The van der Waals surface area contributed by atoms with Crippen molar-refractivity contribution in [2.24, 2.45) is 0 Å². The number of benzene rings is 2. The topological polar surface area (TPSA) is 126 Å².